The monoisotopic (exact) mass is 645 g/mol. The summed E-state index contributed by atoms with van der Waals surface area (Å²) in [6.45, 7) is 8.49. The number of nitrogens with one attached hydrogen (secondary N) is 2. The molecular formula is C28H36BrN7O4S. The molecule has 2 aliphatic rings. The highest BCUT2D eigenvalue weighted by Gasteiger charge is 2.29. The summed E-state index contributed by atoms with van der Waals surface area (Å²) in [7, 11) is -1.95. The Morgan fingerprint density at radius 2 is 1.83 bits per heavy atom. The molecule has 0 radical (unpaired) electrons. The standard InChI is InChI=1S/C28H36BrN7O4S/c1-16(2)41(38,39)27-24(15-35(5)34-27)31-26-22(29)14-30-28(33-26)32-23-12-17(3)21(13-25(23)40-20-6-7-20)19-8-10-36(11-9-19)18(4)37/h12-16,19-20H,6-11H2,1-5H3,(H2,30,31,32,33). The van der Waals surface area contributed by atoms with Crippen molar-refractivity contribution in [3.63, 3.8) is 0 Å². The number of hydrogen-bond donors (Lipinski definition) is 2. The number of rotatable bonds is 9. The van der Waals surface area contributed by atoms with Crippen LogP contribution in [0.4, 0.5) is 23.1 Å². The minimum Gasteiger partial charge on any atom is -0.488 e. The molecule has 1 aliphatic carbocycles. The van der Waals surface area contributed by atoms with E-state index in [9.17, 15) is 13.2 Å². The SMILES string of the molecule is CC(=O)N1CCC(c2cc(OC3CC3)c(Nc3ncc(Br)c(Nc4cn(C)nc4S(=O)(=O)C(C)C)n3)cc2C)CC1. The Hall–Kier alpha value is -3.19. The van der Waals surface area contributed by atoms with Gasteiger partial charge in [-0.05, 0) is 91.6 Å². The average Bonchev–Trinajstić information content (AvgIpc) is 3.66. The van der Waals surface area contributed by atoms with Crippen molar-refractivity contribution in [2.45, 2.75) is 75.7 Å². The van der Waals surface area contributed by atoms with Crippen molar-refractivity contribution in [1.29, 1.82) is 0 Å². The molecular weight excluding hydrogens is 610 g/mol. The zero-order chi connectivity index (χ0) is 29.5. The third-order valence-corrected chi connectivity index (χ3v) is 10.2. The van der Waals surface area contributed by atoms with E-state index >= 15 is 0 Å². The predicted octanol–water partition coefficient (Wildman–Crippen LogP) is 5.22. The normalized spacial score (nSPS) is 16.2. The number of benzene rings is 1. The molecule has 41 heavy (non-hydrogen) atoms. The number of carbonyl (C=O) groups is 1. The van der Waals surface area contributed by atoms with Gasteiger partial charge >= 0.3 is 0 Å². The molecule has 13 heteroatoms. The van der Waals surface area contributed by atoms with E-state index in [0.717, 1.165) is 55.8 Å². The maximum Gasteiger partial charge on any atom is 0.229 e. The molecule has 0 bridgehead atoms. The summed E-state index contributed by atoms with van der Waals surface area (Å²) >= 11 is 3.48. The maximum atomic E-state index is 12.9. The van der Waals surface area contributed by atoms with Crippen LogP contribution < -0.4 is 15.4 Å². The fraction of sp³-hybridized carbons (Fsp3) is 0.500. The number of anilines is 4. The number of aromatic nitrogens is 4. The highest BCUT2D eigenvalue weighted by atomic mass is 79.9. The second kappa shape index (κ2) is 11.6. The first-order chi connectivity index (χ1) is 19.4. The van der Waals surface area contributed by atoms with Crippen molar-refractivity contribution in [2.24, 2.45) is 7.05 Å². The van der Waals surface area contributed by atoms with Crippen LogP contribution in [-0.4, -0.2) is 63.4 Å². The predicted molar refractivity (Wildman–Crippen MR) is 161 cm³/mol. The van der Waals surface area contributed by atoms with Gasteiger partial charge < -0.3 is 20.3 Å². The van der Waals surface area contributed by atoms with E-state index in [0.29, 0.717) is 27.8 Å². The second-order valence-electron chi connectivity index (χ2n) is 11.1. The molecule has 1 amide bonds. The first-order valence-electron chi connectivity index (χ1n) is 13.8. The summed E-state index contributed by atoms with van der Waals surface area (Å²) < 4.78 is 34.1. The number of hydrogen-bond acceptors (Lipinski definition) is 9. The Bertz CT molecular complexity index is 1560. The number of piperidine rings is 1. The van der Waals surface area contributed by atoms with E-state index in [1.807, 2.05) is 4.90 Å². The minimum absolute atomic E-state index is 0.0320. The van der Waals surface area contributed by atoms with Gasteiger partial charge in [-0.15, -0.1) is 0 Å². The maximum absolute atomic E-state index is 12.9. The van der Waals surface area contributed by atoms with Gasteiger partial charge in [0.15, 0.2) is 5.82 Å². The van der Waals surface area contributed by atoms with Crippen molar-refractivity contribution in [1.82, 2.24) is 24.6 Å². The molecule has 2 aromatic heterocycles. The molecule has 220 valence electrons. The smallest absolute Gasteiger partial charge is 0.229 e. The third kappa shape index (κ3) is 6.50. The lowest BCUT2D eigenvalue weighted by Crippen LogP contribution is -2.36. The largest absolute Gasteiger partial charge is 0.488 e. The molecule has 1 saturated carbocycles. The van der Waals surface area contributed by atoms with Gasteiger partial charge in [-0.25, -0.2) is 13.4 Å². The molecule has 0 spiro atoms. The quantitative estimate of drug-likeness (QED) is 0.321. The molecule has 3 aromatic rings. The number of nitrogens with zero attached hydrogens (tertiary/aromatic N) is 5. The van der Waals surface area contributed by atoms with Crippen molar-refractivity contribution < 1.29 is 17.9 Å². The van der Waals surface area contributed by atoms with Gasteiger partial charge in [0, 0.05) is 39.5 Å². The molecule has 3 heterocycles. The molecule has 0 atom stereocenters. The van der Waals surface area contributed by atoms with E-state index in [1.54, 1.807) is 40.2 Å². The Morgan fingerprint density at radius 3 is 2.46 bits per heavy atom. The fourth-order valence-electron chi connectivity index (χ4n) is 4.96. The van der Waals surface area contributed by atoms with Crippen LogP contribution in [-0.2, 0) is 21.7 Å². The van der Waals surface area contributed by atoms with Crippen LogP contribution >= 0.6 is 15.9 Å². The highest BCUT2D eigenvalue weighted by molar-refractivity contribution is 9.10. The molecule has 1 aliphatic heterocycles. The number of halogens is 1. The summed E-state index contributed by atoms with van der Waals surface area (Å²) in [5, 5.41) is 9.98. The molecule has 5 rings (SSSR count). The second-order valence-corrected chi connectivity index (χ2v) is 14.3. The number of ether oxygens (including phenoxy) is 1. The van der Waals surface area contributed by atoms with Crippen molar-refractivity contribution in [3.8, 4) is 5.75 Å². The molecule has 0 unspecified atom stereocenters. The van der Waals surface area contributed by atoms with Gasteiger partial charge in [0.25, 0.3) is 0 Å². The fourth-order valence-corrected chi connectivity index (χ4v) is 6.35. The topological polar surface area (TPSA) is 131 Å². The highest BCUT2D eigenvalue weighted by Crippen LogP contribution is 2.40. The Labute approximate surface area is 249 Å². The molecule has 2 N–H and O–H groups in total. The number of carbonyl (C=O) groups excluding carboxylic acids is 1. The van der Waals surface area contributed by atoms with E-state index in [1.165, 1.54) is 10.2 Å². The lowest BCUT2D eigenvalue weighted by atomic mass is 9.86. The lowest BCUT2D eigenvalue weighted by molar-refractivity contribution is -0.129. The zero-order valence-corrected chi connectivity index (χ0v) is 26.3. The van der Waals surface area contributed by atoms with Crippen molar-refractivity contribution >= 4 is 54.8 Å². The van der Waals surface area contributed by atoms with Gasteiger partial charge in [-0.1, -0.05) is 0 Å². The summed E-state index contributed by atoms with van der Waals surface area (Å²) in [4.78, 5) is 22.8. The van der Waals surface area contributed by atoms with Crippen LogP contribution in [0.25, 0.3) is 0 Å². The number of amides is 1. The van der Waals surface area contributed by atoms with Crippen LogP contribution in [0.15, 0.2) is 34.0 Å². The van der Waals surface area contributed by atoms with Gasteiger partial charge in [-0.3, -0.25) is 9.48 Å². The van der Waals surface area contributed by atoms with Crippen LogP contribution in [0.2, 0.25) is 0 Å². The van der Waals surface area contributed by atoms with Gasteiger partial charge in [-0.2, -0.15) is 10.1 Å². The minimum atomic E-state index is -3.62. The first-order valence-corrected chi connectivity index (χ1v) is 16.2. The summed E-state index contributed by atoms with van der Waals surface area (Å²) in [6.07, 6.45) is 7.30. The van der Waals surface area contributed by atoms with Gasteiger partial charge in [0.05, 0.1) is 27.2 Å². The van der Waals surface area contributed by atoms with E-state index < -0.39 is 15.1 Å². The van der Waals surface area contributed by atoms with Crippen LogP contribution in [0.5, 0.6) is 5.75 Å². The van der Waals surface area contributed by atoms with Crippen molar-refractivity contribution in [2.75, 3.05) is 23.7 Å². The average molecular weight is 647 g/mol. The number of aryl methyl sites for hydroxylation is 2. The Morgan fingerprint density at radius 1 is 1.12 bits per heavy atom. The molecule has 11 nitrogen and oxygen atoms in total. The number of sulfone groups is 1. The number of likely N-dealkylation sites (tertiary alicyclic amines) is 1. The Balaban J connectivity index is 1.41. The third-order valence-electron chi connectivity index (χ3n) is 7.50. The van der Waals surface area contributed by atoms with Crippen molar-refractivity contribution in [3.05, 3.63) is 40.1 Å². The van der Waals surface area contributed by atoms with Crippen LogP contribution in [0.3, 0.4) is 0 Å². The van der Waals surface area contributed by atoms with Crippen LogP contribution in [0, 0.1) is 6.92 Å². The lowest BCUT2D eigenvalue weighted by Gasteiger charge is -2.32. The van der Waals surface area contributed by atoms with E-state index in [2.05, 4.69) is 60.7 Å². The summed E-state index contributed by atoms with van der Waals surface area (Å²) in [5.74, 6) is 1.96. The van der Waals surface area contributed by atoms with Gasteiger partial charge in [0.2, 0.25) is 26.7 Å². The summed E-state index contributed by atoms with van der Waals surface area (Å²) in [6, 6.07) is 4.19. The molecule has 1 saturated heterocycles. The van der Waals surface area contributed by atoms with E-state index in [4.69, 9.17) is 4.74 Å². The Kier molecular flexibility index (Phi) is 8.29. The van der Waals surface area contributed by atoms with E-state index in [-0.39, 0.29) is 17.0 Å². The van der Waals surface area contributed by atoms with Crippen LogP contribution in [0.1, 0.15) is 63.5 Å². The first kappa shape index (κ1) is 29.3. The van der Waals surface area contributed by atoms with Gasteiger partial charge in [0.1, 0.15) is 5.75 Å². The molecule has 1 aromatic carbocycles. The summed E-state index contributed by atoms with van der Waals surface area (Å²) in [5.41, 5.74) is 3.47. The zero-order valence-electron chi connectivity index (χ0n) is 23.9. The molecule has 2 fully saturated rings.